The molecule has 2 heterocycles. The molecule has 0 spiro atoms. The van der Waals surface area contributed by atoms with Gasteiger partial charge in [-0.2, -0.15) is 11.8 Å². The standard InChI is InChI=1S/C18H23N3O2S/c1-14-12-15(5-6-17(14)21-7-10-24-11-8-21)19-18(22)20(2)13-16-4-3-9-23-16/h3-6,9,12H,7-8,10-11,13H2,1-2H3,(H,19,22). The number of carbonyl (C=O) groups excluding carboxylic acids is 1. The lowest BCUT2D eigenvalue weighted by atomic mass is 10.1. The van der Waals surface area contributed by atoms with Gasteiger partial charge in [-0.05, 0) is 42.8 Å². The van der Waals surface area contributed by atoms with Crippen LogP contribution in [0.15, 0.2) is 41.0 Å². The maximum Gasteiger partial charge on any atom is 0.321 e. The zero-order valence-electron chi connectivity index (χ0n) is 14.1. The average molecular weight is 345 g/mol. The van der Waals surface area contributed by atoms with E-state index in [4.69, 9.17) is 4.42 Å². The Morgan fingerprint density at radius 1 is 1.33 bits per heavy atom. The van der Waals surface area contributed by atoms with E-state index in [9.17, 15) is 4.79 Å². The van der Waals surface area contributed by atoms with Gasteiger partial charge in [0.1, 0.15) is 5.76 Å². The van der Waals surface area contributed by atoms with Gasteiger partial charge >= 0.3 is 6.03 Å². The lowest BCUT2D eigenvalue weighted by Gasteiger charge is -2.30. The van der Waals surface area contributed by atoms with E-state index in [0.29, 0.717) is 6.54 Å². The van der Waals surface area contributed by atoms with E-state index >= 15 is 0 Å². The Morgan fingerprint density at radius 3 is 2.79 bits per heavy atom. The molecule has 2 aromatic rings. The number of nitrogens with one attached hydrogen (secondary N) is 1. The van der Waals surface area contributed by atoms with Gasteiger partial charge in [0.15, 0.2) is 0 Å². The molecule has 128 valence electrons. The van der Waals surface area contributed by atoms with Crippen LogP contribution in [-0.4, -0.2) is 42.6 Å². The predicted octanol–water partition coefficient (Wildman–Crippen LogP) is 3.81. The molecule has 1 aliphatic rings. The lowest BCUT2D eigenvalue weighted by Crippen LogP contribution is -2.33. The molecule has 0 unspecified atom stereocenters. The molecule has 1 saturated heterocycles. The Hall–Kier alpha value is -2.08. The molecule has 0 atom stereocenters. The average Bonchev–Trinajstić information content (AvgIpc) is 3.08. The van der Waals surface area contributed by atoms with Crippen molar-refractivity contribution in [1.82, 2.24) is 4.90 Å². The lowest BCUT2D eigenvalue weighted by molar-refractivity contribution is 0.217. The molecule has 1 N–H and O–H groups in total. The number of amides is 2. The molecule has 0 radical (unpaired) electrons. The molecule has 2 amide bonds. The van der Waals surface area contributed by atoms with E-state index < -0.39 is 0 Å². The van der Waals surface area contributed by atoms with Crippen LogP contribution in [0.3, 0.4) is 0 Å². The van der Waals surface area contributed by atoms with E-state index in [-0.39, 0.29) is 6.03 Å². The van der Waals surface area contributed by atoms with E-state index in [1.165, 1.54) is 22.8 Å². The van der Waals surface area contributed by atoms with E-state index in [1.54, 1.807) is 18.2 Å². The molecule has 24 heavy (non-hydrogen) atoms. The van der Waals surface area contributed by atoms with Crippen LogP contribution in [0, 0.1) is 6.92 Å². The maximum absolute atomic E-state index is 12.3. The highest BCUT2D eigenvalue weighted by molar-refractivity contribution is 7.99. The number of hydrogen-bond donors (Lipinski definition) is 1. The fourth-order valence-electron chi connectivity index (χ4n) is 2.82. The predicted molar refractivity (Wildman–Crippen MR) is 99.9 cm³/mol. The van der Waals surface area contributed by atoms with Crippen molar-refractivity contribution in [3.8, 4) is 0 Å². The zero-order chi connectivity index (χ0) is 16.9. The molecule has 3 rings (SSSR count). The number of nitrogens with zero attached hydrogens (tertiary/aromatic N) is 2. The van der Waals surface area contributed by atoms with Crippen molar-refractivity contribution in [3.05, 3.63) is 47.9 Å². The van der Waals surface area contributed by atoms with Crippen LogP contribution >= 0.6 is 11.8 Å². The fraction of sp³-hybridized carbons (Fsp3) is 0.389. The molecule has 1 fully saturated rings. The van der Waals surface area contributed by atoms with E-state index in [1.807, 2.05) is 36.0 Å². The normalized spacial score (nSPS) is 14.5. The van der Waals surface area contributed by atoms with Gasteiger partial charge in [-0.25, -0.2) is 4.79 Å². The highest BCUT2D eigenvalue weighted by Crippen LogP contribution is 2.26. The van der Waals surface area contributed by atoms with E-state index in [2.05, 4.69) is 23.2 Å². The third-order valence-corrected chi connectivity index (χ3v) is 5.06. The summed E-state index contributed by atoms with van der Waals surface area (Å²) in [6.45, 7) is 4.72. The van der Waals surface area contributed by atoms with Crippen molar-refractivity contribution in [2.45, 2.75) is 13.5 Å². The van der Waals surface area contributed by atoms with Crippen LogP contribution in [0.1, 0.15) is 11.3 Å². The van der Waals surface area contributed by atoms with Gasteiger partial charge in [-0.15, -0.1) is 0 Å². The number of carbonyl (C=O) groups is 1. The van der Waals surface area contributed by atoms with Gasteiger partial charge < -0.3 is 19.5 Å². The summed E-state index contributed by atoms with van der Waals surface area (Å²) < 4.78 is 5.28. The quantitative estimate of drug-likeness (QED) is 0.915. The second-order valence-corrected chi connectivity index (χ2v) is 7.19. The van der Waals surface area contributed by atoms with E-state index in [0.717, 1.165) is 24.5 Å². The summed E-state index contributed by atoms with van der Waals surface area (Å²) in [6.07, 6.45) is 1.61. The van der Waals surface area contributed by atoms with Crippen LogP contribution in [0.4, 0.5) is 16.2 Å². The number of furan rings is 1. The summed E-state index contributed by atoms with van der Waals surface area (Å²) in [5, 5.41) is 2.95. The second-order valence-electron chi connectivity index (χ2n) is 5.97. The summed E-state index contributed by atoms with van der Waals surface area (Å²) in [4.78, 5) is 16.3. The number of rotatable bonds is 4. The van der Waals surface area contributed by atoms with Crippen LogP contribution in [0.2, 0.25) is 0 Å². The van der Waals surface area contributed by atoms with Crippen LogP contribution in [-0.2, 0) is 6.54 Å². The summed E-state index contributed by atoms with van der Waals surface area (Å²) in [6, 6.07) is 9.65. The fourth-order valence-corrected chi connectivity index (χ4v) is 3.72. The topological polar surface area (TPSA) is 48.7 Å². The summed E-state index contributed by atoms with van der Waals surface area (Å²) in [7, 11) is 1.75. The molecule has 1 aromatic heterocycles. The summed E-state index contributed by atoms with van der Waals surface area (Å²) >= 11 is 2.00. The van der Waals surface area contributed by atoms with Gasteiger partial charge in [0.2, 0.25) is 0 Å². The Balaban J connectivity index is 1.62. The first kappa shape index (κ1) is 16.8. The van der Waals surface area contributed by atoms with Crippen molar-refractivity contribution >= 4 is 29.2 Å². The first-order valence-electron chi connectivity index (χ1n) is 8.11. The van der Waals surface area contributed by atoms with Gasteiger partial charge in [-0.3, -0.25) is 0 Å². The molecule has 1 aliphatic heterocycles. The minimum absolute atomic E-state index is 0.145. The smallest absolute Gasteiger partial charge is 0.321 e. The van der Waals surface area contributed by atoms with Gasteiger partial charge in [0.05, 0.1) is 12.8 Å². The van der Waals surface area contributed by atoms with Gasteiger partial charge in [0.25, 0.3) is 0 Å². The van der Waals surface area contributed by atoms with Crippen LogP contribution < -0.4 is 10.2 Å². The number of anilines is 2. The molecule has 0 bridgehead atoms. The SMILES string of the molecule is Cc1cc(NC(=O)N(C)Cc2ccco2)ccc1N1CCSCC1. The minimum Gasteiger partial charge on any atom is -0.467 e. The van der Waals surface area contributed by atoms with Gasteiger partial charge in [-0.1, -0.05) is 0 Å². The molecule has 5 nitrogen and oxygen atoms in total. The molecule has 6 heteroatoms. The summed E-state index contributed by atoms with van der Waals surface area (Å²) in [5.41, 5.74) is 3.27. The van der Waals surface area contributed by atoms with Crippen molar-refractivity contribution in [2.75, 3.05) is 41.9 Å². The minimum atomic E-state index is -0.145. The Kier molecular flexibility index (Phi) is 5.35. The molecule has 1 aromatic carbocycles. The Morgan fingerprint density at radius 2 is 2.12 bits per heavy atom. The Labute approximate surface area is 147 Å². The number of thioether (sulfide) groups is 1. The Bertz CT molecular complexity index is 682. The number of hydrogen-bond acceptors (Lipinski definition) is 4. The summed E-state index contributed by atoms with van der Waals surface area (Å²) in [5.74, 6) is 3.12. The van der Waals surface area contributed by atoms with Crippen molar-refractivity contribution in [3.63, 3.8) is 0 Å². The maximum atomic E-state index is 12.3. The highest BCUT2D eigenvalue weighted by atomic mass is 32.2. The number of urea groups is 1. The van der Waals surface area contributed by atoms with Crippen molar-refractivity contribution < 1.29 is 9.21 Å². The molecular formula is C18H23N3O2S. The largest absolute Gasteiger partial charge is 0.467 e. The monoisotopic (exact) mass is 345 g/mol. The first-order valence-corrected chi connectivity index (χ1v) is 9.27. The third kappa shape index (κ3) is 4.06. The van der Waals surface area contributed by atoms with Crippen molar-refractivity contribution in [2.24, 2.45) is 0 Å². The first-order chi connectivity index (χ1) is 11.6. The molecule has 0 saturated carbocycles. The van der Waals surface area contributed by atoms with Crippen molar-refractivity contribution in [1.29, 1.82) is 0 Å². The highest BCUT2D eigenvalue weighted by Gasteiger charge is 2.15. The van der Waals surface area contributed by atoms with Crippen LogP contribution in [0.5, 0.6) is 0 Å². The zero-order valence-corrected chi connectivity index (χ0v) is 14.9. The molecule has 0 aliphatic carbocycles. The second kappa shape index (κ2) is 7.66. The third-order valence-electron chi connectivity index (χ3n) is 4.12. The van der Waals surface area contributed by atoms with Gasteiger partial charge in [0, 0.05) is 43.0 Å². The molecular weight excluding hydrogens is 322 g/mol. The number of aryl methyl sites for hydroxylation is 1. The number of benzene rings is 1. The van der Waals surface area contributed by atoms with Crippen LogP contribution in [0.25, 0.3) is 0 Å².